The van der Waals surface area contributed by atoms with Crippen LogP contribution in [0.1, 0.15) is 50.4 Å². The van der Waals surface area contributed by atoms with Gasteiger partial charge >= 0.3 is 0 Å². The lowest BCUT2D eigenvalue weighted by Crippen LogP contribution is -2.37. The lowest BCUT2D eigenvalue weighted by atomic mass is 10.1. The number of unbranched alkanes of at least 4 members (excludes halogenated alkanes) is 2. The maximum atomic E-state index is 12.6. The Morgan fingerprint density at radius 1 is 1.35 bits per heavy atom. The van der Waals surface area contributed by atoms with Crippen LogP contribution >= 0.6 is 0 Å². The van der Waals surface area contributed by atoms with E-state index in [1.807, 2.05) is 23.1 Å². The highest BCUT2D eigenvalue weighted by Crippen LogP contribution is 2.15. The fraction of sp³-hybridized carbons (Fsp3) is 0.500. The first kappa shape index (κ1) is 14.6. The molecule has 0 aliphatic carbocycles. The summed E-state index contributed by atoms with van der Waals surface area (Å²) in [5.41, 5.74) is 2.53. The average Bonchev–Trinajstić information content (AvgIpc) is 2.89. The fourth-order valence-electron chi connectivity index (χ4n) is 2.36. The number of nitrogens with one attached hydrogen (secondary N) is 1. The molecule has 108 valence electrons. The third kappa shape index (κ3) is 3.18. The van der Waals surface area contributed by atoms with Crippen LogP contribution in [0.25, 0.3) is 11.0 Å². The molecule has 0 spiro atoms. The number of H-pyrrole nitrogens is 1. The van der Waals surface area contributed by atoms with Crippen LogP contribution in [0, 0.1) is 0 Å². The minimum absolute atomic E-state index is 0.104. The molecule has 0 saturated heterocycles. The summed E-state index contributed by atoms with van der Waals surface area (Å²) in [6.07, 6.45) is 5.05. The molecular weight excluding hydrogens is 250 g/mol. The second-order valence-corrected chi connectivity index (χ2v) is 5.43. The number of rotatable bonds is 6. The summed E-state index contributed by atoms with van der Waals surface area (Å²) in [4.78, 5) is 21.8. The van der Waals surface area contributed by atoms with Crippen LogP contribution in [0.2, 0.25) is 0 Å². The Balaban J connectivity index is 2.17. The topological polar surface area (TPSA) is 49.0 Å². The highest BCUT2D eigenvalue weighted by atomic mass is 16.2. The molecular formula is C16H23N3O. The number of hydrogen-bond acceptors (Lipinski definition) is 2. The molecule has 0 aliphatic heterocycles. The molecule has 4 heteroatoms. The molecule has 0 fully saturated rings. The van der Waals surface area contributed by atoms with Crippen LogP contribution in [0.4, 0.5) is 0 Å². The summed E-state index contributed by atoms with van der Waals surface area (Å²) in [5, 5.41) is 0. The Labute approximate surface area is 120 Å². The average molecular weight is 273 g/mol. The van der Waals surface area contributed by atoms with Crippen molar-refractivity contribution < 1.29 is 4.79 Å². The molecule has 2 aromatic rings. The third-order valence-corrected chi connectivity index (χ3v) is 3.55. The molecule has 1 N–H and O–H groups in total. The lowest BCUT2D eigenvalue weighted by Gasteiger charge is -2.27. The minimum Gasteiger partial charge on any atom is -0.345 e. The summed E-state index contributed by atoms with van der Waals surface area (Å²) in [6.45, 7) is 7.14. The van der Waals surface area contributed by atoms with Crippen molar-refractivity contribution >= 4 is 16.9 Å². The van der Waals surface area contributed by atoms with Crippen LogP contribution in [-0.2, 0) is 0 Å². The minimum atomic E-state index is 0.104. The number of hydrogen-bond donors (Lipinski definition) is 1. The van der Waals surface area contributed by atoms with E-state index in [4.69, 9.17) is 0 Å². The smallest absolute Gasteiger partial charge is 0.254 e. The van der Waals surface area contributed by atoms with Crippen molar-refractivity contribution in [3.63, 3.8) is 0 Å². The maximum absolute atomic E-state index is 12.6. The summed E-state index contributed by atoms with van der Waals surface area (Å²) in [7, 11) is 0. The van der Waals surface area contributed by atoms with E-state index < -0.39 is 0 Å². The van der Waals surface area contributed by atoms with Crippen molar-refractivity contribution in [2.45, 2.75) is 46.1 Å². The van der Waals surface area contributed by atoms with Gasteiger partial charge in [0.25, 0.3) is 5.91 Å². The van der Waals surface area contributed by atoms with Gasteiger partial charge in [0.2, 0.25) is 0 Å². The zero-order valence-corrected chi connectivity index (χ0v) is 12.5. The quantitative estimate of drug-likeness (QED) is 0.817. The van der Waals surface area contributed by atoms with Crippen molar-refractivity contribution in [1.82, 2.24) is 14.9 Å². The van der Waals surface area contributed by atoms with Gasteiger partial charge in [-0.1, -0.05) is 19.8 Å². The van der Waals surface area contributed by atoms with E-state index in [9.17, 15) is 4.79 Å². The molecule has 0 unspecified atom stereocenters. The number of nitrogens with zero attached hydrogens (tertiary/aromatic N) is 2. The highest BCUT2D eigenvalue weighted by molar-refractivity contribution is 5.97. The first-order chi connectivity index (χ1) is 9.63. The molecule has 0 radical (unpaired) electrons. The van der Waals surface area contributed by atoms with Crippen molar-refractivity contribution in [1.29, 1.82) is 0 Å². The molecule has 2 rings (SSSR count). The van der Waals surface area contributed by atoms with Crippen LogP contribution in [0.15, 0.2) is 24.5 Å². The molecule has 0 bridgehead atoms. The molecule has 0 saturated carbocycles. The van der Waals surface area contributed by atoms with Gasteiger partial charge in [-0.3, -0.25) is 4.79 Å². The van der Waals surface area contributed by atoms with Gasteiger partial charge in [-0.15, -0.1) is 0 Å². The monoisotopic (exact) mass is 273 g/mol. The van der Waals surface area contributed by atoms with E-state index >= 15 is 0 Å². The number of aromatic amines is 1. The van der Waals surface area contributed by atoms with E-state index in [0.29, 0.717) is 0 Å². The Kier molecular flexibility index (Phi) is 4.77. The Morgan fingerprint density at radius 2 is 2.15 bits per heavy atom. The Bertz CT molecular complexity index is 574. The summed E-state index contributed by atoms with van der Waals surface area (Å²) >= 11 is 0. The zero-order chi connectivity index (χ0) is 14.5. The number of fused-ring (bicyclic) bond motifs is 1. The highest BCUT2D eigenvalue weighted by Gasteiger charge is 2.18. The number of amides is 1. The second kappa shape index (κ2) is 6.55. The maximum Gasteiger partial charge on any atom is 0.254 e. The standard InChI is InChI=1S/C16H23N3O/c1-4-5-6-9-19(12(2)3)16(20)13-7-8-14-15(10-13)18-11-17-14/h7-8,10-12H,4-6,9H2,1-3H3,(H,17,18). The molecule has 4 nitrogen and oxygen atoms in total. The number of carbonyl (C=O) groups excluding carboxylic acids is 1. The van der Waals surface area contributed by atoms with Crippen molar-refractivity contribution in [3.05, 3.63) is 30.1 Å². The first-order valence-electron chi connectivity index (χ1n) is 7.37. The molecule has 0 aliphatic rings. The van der Waals surface area contributed by atoms with Crippen LogP contribution in [0.5, 0.6) is 0 Å². The van der Waals surface area contributed by atoms with Gasteiger partial charge in [0, 0.05) is 18.2 Å². The van der Waals surface area contributed by atoms with Gasteiger partial charge < -0.3 is 9.88 Å². The molecule has 20 heavy (non-hydrogen) atoms. The number of aromatic nitrogens is 2. The van der Waals surface area contributed by atoms with E-state index in [1.54, 1.807) is 6.33 Å². The first-order valence-corrected chi connectivity index (χ1v) is 7.37. The van der Waals surface area contributed by atoms with E-state index in [1.165, 1.54) is 6.42 Å². The number of benzene rings is 1. The molecule has 1 aromatic carbocycles. The summed E-state index contributed by atoms with van der Waals surface area (Å²) < 4.78 is 0. The summed E-state index contributed by atoms with van der Waals surface area (Å²) in [6, 6.07) is 5.86. The van der Waals surface area contributed by atoms with Gasteiger partial charge in [-0.2, -0.15) is 0 Å². The van der Waals surface area contributed by atoms with Crippen LogP contribution in [-0.4, -0.2) is 33.4 Å². The van der Waals surface area contributed by atoms with Gasteiger partial charge in [0.15, 0.2) is 0 Å². The van der Waals surface area contributed by atoms with Crippen molar-refractivity contribution in [3.8, 4) is 0 Å². The number of carbonyl (C=O) groups is 1. The molecule has 1 amide bonds. The van der Waals surface area contributed by atoms with Gasteiger partial charge in [-0.05, 0) is 38.5 Å². The predicted octanol–water partition coefficient (Wildman–Crippen LogP) is 3.60. The predicted molar refractivity (Wildman–Crippen MR) is 81.8 cm³/mol. The van der Waals surface area contributed by atoms with Gasteiger partial charge in [0.05, 0.1) is 17.4 Å². The zero-order valence-electron chi connectivity index (χ0n) is 12.5. The van der Waals surface area contributed by atoms with E-state index in [2.05, 4.69) is 30.7 Å². The van der Waals surface area contributed by atoms with Crippen molar-refractivity contribution in [2.75, 3.05) is 6.54 Å². The van der Waals surface area contributed by atoms with E-state index in [-0.39, 0.29) is 11.9 Å². The molecule has 1 aromatic heterocycles. The van der Waals surface area contributed by atoms with Gasteiger partial charge in [0.1, 0.15) is 0 Å². The summed E-state index contributed by atoms with van der Waals surface area (Å²) in [5.74, 6) is 0.104. The normalized spacial score (nSPS) is 11.2. The van der Waals surface area contributed by atoms with Crippen LogP contribution < -0.4 is 0 Å². The Hall–Kier alpha value is -1.84. The molecule has 1 heterocycles. The van der Waals surface area contributed by atoms with Gasteiger partial charge in [-0.25, -0.2) is 4.98 Å². The van der Waals surface area contributed by atoms with Crippen LogP contribution in [0.3, 0.4) is 0 Å². The fourth-order valence-corrected chi connectivity index (χ4v) is 2.36. The second-order valence-electron chi connectivity index (χ2n) is 5.43. The Morgan fingerprint density at radius 3 is 2.85 bits per heavy atom. The SMILES string of the molecule is CCCCCN(C(=O)c1ccc2nc[nH]c2c1)C(C)C. The van der Waals surface area contributed by atoms with E-state index in [0.717, 1.165) is 36.0 Å². The lowest BCUT2D eigenvalue weighted by molar-refractivity contribution is 0.0702. The number of imidazole rings is 1. The van der Waals surface area contributed by atoms with Crippen molar-refractivity contribution in [2.24, 2.45) is 0 Å². The largest absolute Gasteiger partial charge is 0.345 e. The molecule has 0 atom stereocenters. The third-order valence-electron chi connectivity index (χ3n) is 3.55.